The highest BCUT2D eigenvalue weighted by Gasteiger charge is 2.12. The molecule has 1 aromatic rings. The number of ether oxygens (including phenoxy) is 1. The van der Waals surface area contributed by atoms with Crippen LogP contribution in [0.1, 0.15) is 25.3 Å². The van der Waals surface area contributed by atoms with Gasteiger partial charge in [-0.25, -0.2) is 0 Å². The molecule has 0 aliphatic heterocycles. The summed E-state index contributed by atoms with van der Waals surface area (Å²) in [5.41, 5.74) is 7.46. The average Bonchev–Trinajstić information content (AvgIpc) is 2.29. The van der Waals surface area contributed by atoms with E-state index in [2.05, 4.69) is 5.32 Å². The third-order valence-electron chi connectivity index (χ3n) is 2.60. The maximum Gasteiger partial charge on any atom is 0.241 e. The number of carbonyl (C=O) groups is 1. The molecular formula is C13H20N2O2. The Morgan fingerprint density at radius 3 is 2.76 bits per heavy atom. The van der Waals surface area contributed by atoms with Crippen LogP contribution in [0.5, 0.6) is 5.75 Å². The molecule has 0 bridgehead atoms. The van der Waals surface area contributed by atoms with Crippen molar-refractivity contribution in [3.8, 4) is 5.75 Å². The van der Waals surface area contributed by atoms with Crippen molar-refractivity contribution in [2.75, 3.05) is 12.4 Å². The van der Waals surface area contributed by atoms with E-state index in [1.807, 2.05) is 32.0 Å². The molecule has 4 nitrogen and oxygen atoms in total. The predicted octanol–water partition coefficient (Wildman–Crippen LogP) is 2.07. The molecule has 1 unspecified atom stereocenters. The van der Waals surface area contributed by atoms with E-state index >= 15 is 0 Å². The molecule has 94 valence electrons. The Hall–Kier alpha value is -1.55. The second kappa shape index (κ2) is 6.25. The molecular weight excluding hydrogens is 216 g/mol. The van der Waals surface area contributed by atoms with E-state index in [1.54, 1.807) is 7.11 Å². The highest BCUT2D eigenvalue weighted by atomic mass is 16.5. The zero-order valence-corrected chi connectivity index (χ0v) is 10.6. The second-order valence-electron chi connectivity index (χ2n) is 4.07. The number of rotatable bonds is 5. The van der Waals surface area contributed by atoms with Crippen molar-refractivity contribution in [1.29, 1.82) is 0 Å². The van der Waals surface area contributed by atoms with Gasteiger partial charge in [-0.1, -0.05) is 13.3 Å². The lowest BCUT2D eigenvalue weighted by atomic mass is 10.1. The quantitative estimate of drug-likeness (QED) is 0.822. The maximum absolute atomic E-state index is 11.7. The van der Waals surface area contributed by atoms with E-state index in [1.165, 1.54) is 0 Å². The van der Waals surface area contributed by atoms with Crippen LogP contribution in [-0.2, 0) is 4.79 Å². The van der Waals surface area contributed by atoms with Gasteiger partial charge in [0.2, 0.25) is 5.91 Å². The van der Waals surface area contributed by atoms with E-state index in [0.29, 0.717) is 6.42 Å². The zero-order chi connectivity index (χ0) is 12.8. The molecule has 0 saturated heterocycles. The molecule has 1 aromatic carbocycles. The van der Waals surface area contributed by atoms with Gasteiger partial charge in [0.15, 0.2) is 0 Å². The summed E-state index contributed by atoms with van der Waals surface area (Å²) in [6.45, 7) is 3.94. The highest BCUT2D eigenvalue weighted by Crippen LogP contribution is 2.21. The van der Waals surface area contributed by atoms with Crippen molar-refractivity contribution in [1.82, 2.24) is 0 Å². The summed E-state index contributed by atoms with van der Waals surface area (Å²) in [7, 11) is 1.62. The van der Waals surface area contributed by atoms with Gasteiger partial charge >= 0.3 is 0 Å². The Kier molecular flexibility index (Phi) is 4.97. The molecule has 0 aromatic heterocycles. The molecule has 17 heavy (non-hydrogen) atoms. The van der Waals surface area contributed by atoms with Gasteiger partial charge in [-0.3, -0.25) is 4.79 Å². The normalized spacial score (nSPS) is 12.0. The fraction of sp³-hybridized carbons (Fsp3) is 0.462. The third-order valence-corrected chi connectivity index (χ3v) is 2.60. The fourth-order valence-corrected chi connectivity index (χ4v) is 1.63. The first kappa shape index (κ1) is 13.5. The van der Waals surface area contributed by atoms with Crippen LogP contribution >= 0.6 is 0 Å². The Bertz CT molecular complexity index is 391. The molecule has 0 spiro atoms. The van der Waals surface area contributed by atoms with Crippen LogP contribution in [0.2, 0.25) is 0 Å². The Morgan fingerprint density at radius 2 is 2.24 bits per heavy atom. The van der Waals surface area contributed by atoms with Crippen molar-refractivity contribution in [3.63, 3.8) is 0 Å². The van der Waals surface area contributed by atoms with Gasteiger partial charge in [-0.15, -0.1) is 0 Å². The van der Waals surface area contributed by atoms with Crippen LogP contribution in [0.4, 0.5) is 5.69 Å². The minimum Gasteiger partial charge on any atom is -0.496 e. The molecule has 0 aliphatic carbocycles. The summed E-state index contributed by atoms with van der Waals surface area (Å²) >= 11 is 0. The molecule has 0 saturated carbocycles. The van der Waals surface area contributed by atoms with Crippen LogP contribution in [0.25, 0.3) is 0 Å². The summed E-state index contributed by atoms with van der Waals surface area (Å²) in [4.78, 5) is 11.7. The van der Waals surface area contributed by atoms with Crippen LogP contribution in [0.15, 0.2) is 18.2 Å². The monoisotopic (exact) mass is 236 g/mol. The van der Waals surface area contributed by atoms with Gasteiger partial charge < -0.3 is 15.8 Å². The number of aryl methyl sites for hydroxylation is 1. The molecule has 3 N–H and O–H groups in total. The van der Waals surface area contributed by atoms with Gasteiger partial charge in [0.1, 0.15) is 5.75 Å². The van der Waals surface area contributed by atoms with E-state index in [4.69, 9.17) is 10.5 Å². The number of hydrogen-bond acceptors (Lipinski definition) is 3. The van der Waals surface area contributed by atoms with E-state index in [0.717, 1.165) is 23.4 Å². The number of benzene rings is 1. The van der Waals surface area contributed by atoms with Gasteiger partial charge in [0.25, 0.3) is 0 Å². The van der Waals surface area contributed by atoms with Gasteiger partial charge in [0.05, 0.1) is 13.2 Å². The predicted molar refractivity (Wildman–Crippen MR) is 69.2 cm³/mol. The third kappa shape index (κ3) is 3.75. The first-order valence-electron chi connectivity index (χ1n) is 5.79. The van der Waals surface area contributed by atoms with Gasteiger partial charge in [-0.2, -0.15) is 0 Å². The second-order valence-corrected chi connectivity index (χ2v) is 4.07. The molecule has 1 rings (SSSR count). The Labute approximate surface area is 102 Å². The summed E-state index contributed by atoms with van der Waals surface area (Å²) in [6, 6.07) is 5.07. The van der Waals surface area contributed by atoms with E-state index in [-0.39, 0.29) is 5.91 Å². The molecule has 4 heteroatoms. The summed E-state index contributed by atoms with van der Waals surface area (Å²) in [6.07, 6.45) is 1.59. The van der Waals surface area contributed by atoms with Crippen LogP contribution in [0, 0.1) is 6.92 Å². The van der Waals surface area contributed by atoms with Crippen molar-refractivity contribution in [3.05, 3.63) is 23.8 Å². The fourth-order valence-electron chi connectivity index (χ4n) is 1.63. The summed E-state index contributed by atoms with van der Waals surface area (Å²) < 4.78 is 5.15. The number of amides is 1. The molecule has 0 heterocycles. The molecule has 1 amide bonds. The minimum absolute atomic E-state index is 0.142. The Morgan fingerprint density at radius 1 is 1.53 bits per heavy atom. The smallest absolute Gasteiger partial charge is 0.241 e. The topological polar surface area (TPSA) is 64.4 Å². The first-order chi connectivity index (χ1) is 8.08. The Balaban J connectivity index is 2.69. The van der Waals surface area contributed by atoms with Gasteiger partial charge in [-0.05, 0) is 37.1 Å². The molecule has 1 atom stereocenters. The standard InChI is InChI=1S/C13H20N2O2/c1-4-5-11(14)13(16)15-10-6-7-12(17-3)9(2)8-10/h6-8,11H,4-5,14H2,1-3H3,(H,15,16). The number of methoxy groups -OCH3 is 1. The van der Waals surface area contributed by atoms with Crippen LogP contribution in [-0.4, -0.2) is 19.1 Å². The van der Waals surface area contributed by atoms with Crippen LogP contribution < -0.4 is 15.8 Å². The number of nitrogens with one attached hydrogen (secondary N) is 1. The number of hydrogen-bond donors (Lipinski definition) is 2. The maximum atomic E-state index is 11.7. The number of nitrogens with two attached hydrogens (primary N) is 1. The van der Waals surface area contributed by atoms with E-state index in [9.17, 15) is 4.79 Å². The lowest BCUT2D eigenvalue weighted by Crippen LogP contribution is -2.35. The first-order valence-corrected chi connectivity index (χ1v) is 5.79. The lowest BCUT2D eigenvalue weighted by Gasteiger charge is -2.12. The minimum atomic E-state index is -0.442. The van der Waals surface area contributed by atoms with E-state index < -0.39 is 6.04 Å². The number of carbonyl (C=O) groups excluding carboxylic acids is 1. The van der Waals surface area contributed by atoms with Crippen molar-refractivity contribution in [2.24, 2.45) is 5.73 Å². The largest absolute Gasteiger partial charge is 0.496 e. The SMILES string of the molecule is CCCC(N)C(=O)Nc1ccc(OC)c(C)c1. The van der Waals surface area contributed by atoms with Crippen molar-refractivity contribution in [2.45, 2.75) is 32.7 Å². The van der Waals surface area contributed by atoms with Gasteiger partial charge in [0, 0.05) is 5.69 Å². The summed E-state index contributed by atoms with van der Waals surface area (Å²) in [5, 5.41) is 2.80. The average molecular weight is 236 g/mol. The number of anilines is 1. The molecule has 0 radical (unpaired) electrons. The summed E-state index contributed by atoms with van der Waals surface area (Å²) in [5.74, 6) is 0.664. The molecule has 0 aliphatic rings. The van der Waals surface area contributed by atoms with Crippen LogP contribution in [0.3, 0.4) is 0 Å². The highest BCUT2D eigenvalue weighted by molar-refractivity contribution is 5.94. The van der Waals surface area contributed by atoms with Crippen molar-refractivity contribution >= 4 is 11.6 Å². The lowest BCUT2D eigenvalue weighted by molar-refractivity contribution is -0.117. The van der Waals surface area contributed by atoms with Crippen molar-refractivity contribution < 1.29 is 9.53 Å². The zero-order valence-electron chi connectivity index (χ0n) is 10.6. The molecule has 0 fully saturated rings.